The van der Waals surface area contributed by atoms with Gasteiger partial charge in [0.2, 0.25) is 0 Å². The maximum absolute atomic E-state index is 9.68. The summed E-state index contributed by atoms with van der Waals surface area (Å²) in [5, 5.41) is 9.68. The highest BCUT2D eigenvalue weighted by molar-refractivity contribution is 5.84. The molecular formula is C25H18N2O. The second-order valence-electron chi connectivity index (χ2n) is 6.78. The van der Waals surface area contributed by atoms with Crippen molar-refractivity contribution >= 4 is 5.65 Å². The van der Waals surface area contributed by atoms with E-state index < -0.39 is 0 Å². The van der Waals surface area contributed by atoms with Crippen molar-refractivity contribution in [2.45, 2.75) is 0 Å². The summed E-state index contributed by atoms with van der Waals surface area (Å²) < 4.78 is 2.09. The summed E-state index contributed by atoms with van der Waals surface area (Å²) in [6.45, 7) is 0. The molecule has 0 saturated heterocycles. The second-order valence-corrected chi connectivity index (χ2v) is 6.78. The molecule has 2 heterocycles. The molecule has 0 saturated carbocycles. The molecule has 5 aromatic rings. The van der Waals surface area contributed by atoms with E-state index >= 15 is 0 Å². The molecule has 134 valence electrons. The van der Waals surface area contributed by atoms with E-state index in [1.54, 1.807) is 12.1 Å². The molecule has 0 aliphatic carbocycles. The minimum absolute atomic E-state index is 0.257. The average Bonchev–Trinajstić information content (AvgIpc) is 3.19. The van der Waals surface area contributed by atoms with Crippen molar-refractivity contribution in [3.8, 4) is 39.3 Å². The highest BCUT2D eigenvalue weighted by atomic mass is 16.3. The van der Waals surface area contributed by atoms with Crippen LogP contribution in [0.5, 0.6) is 5.75 Å². The van der Waals surface area contributed by atoms with E-state index in [4.69, 9.17) is 4.98 Å². The number of pyridine rings is 1. The van der Waals surface area contributed by atoms with E-state index in [-0.39, 0.29) is 5.75 Å². The van der Waals surface area contributed by atoms with Gasteiger partial charge in [-0.15, -0.1) is 0 Å². The van der Waals surface area contributed by atoms with Crippen LogP contribution in [0.1, 0.15) is 0 Å². The zero-order chi connectivity index (χ0) is 18.9. The number of phenolic OH excluding ortho intramolecular Hbond substituents is 1. The van der Waals surface area contributed by atoms with Crippen molar-refractivity contribution < 1.29 is 5.11 Å². The smallest absolute Gasteiger partial charge is 0.145 e. The summed E-state index contributed by atoms with van der Waals surface area (Å²) in [6.07, 6.45) is 4.19. The average molecular weight is 362 g/mol. The zero-order valence-corrected chi connectivity index (χ0v) is 15.2. The predicted molar refractivity (Wildman–Crippen MR) is 113 cm³/mol. The molecule has 0 unspecified atom stereocenters. The zero-order valence-electron chi connectivity index (χ0n) is 15.2. The highest BCUT2D eigenvalue weighted by Gasteiger charge is 2.12. The van der Waals surface area contributed by atoms with Gasteiger partial charge in [0.15, 0.2) is 0 Å². The van der Waals surface area contributed by atoms with Crippen LogP contribution in [-0.4, -0.2) is 14.5 Å². The molecule has 0 spiro atoms. The Labute approximate surface area is 163 Å². The van der Waals surface area contributed by atoms with Gasteiger partial charge in [-0.05, 0) is 34.9 Å². The first-order chi connectivity index (χ1) is 13.8. The van der Waals surface area contributed by atoms with Crippen LogP contribution in [-0.2, 0) is 0 Å². The van der Waals surface area contributed by atoms with E-state index in [0.29, 0.717) is 0 Å². The molecular weight excluding hydrogens is 344 g/mol. The molecule has 0 aliphatic heterocycles. The lowest BCUT2D eigenvalue weighted by Gasteiger charge is -2.09. The minimum Gasteiger partial charge on any atom is -0.508 e. The van der Waals surface area contributed by atoms with Crippen molar-refractivity contribution in [1.29, 1.82) is 0 Å². The van der Waals surface area contributed by atoms with E-state index in [2.05, 4.69) is 47.1 Å². The number of fused-ring (bicyclic) bond motifs is 1. The Morgan fingerprint density at radius 3 is 1.93 bits per heavy atom. The van der Waals surface area contributed by atoms with E-state index in [1.165, 1.54) is 0 Å². The number of hydrogen-bond donors (Lipinski definition) is 1. The third-order valence-electron chi connectivity index (χ3n) is 4.91. The molecule has 28 heavy (non-hydrogen) atoms. The SMILES string of the molecule is Oc1ccc(-c2cc(-c3ccccc3)cn3cc(-c4ccccc4)nc23)cc1. The quantitative estimate of drug-likeness (QED) is 0.425. The van der Waals surface area contributed by atoms with E-state index in [0.717, 1.165) is 39.2 Å². The van der Waals surface area contributed by atoms with Gasteiger partial charge in [0.25, 0.3) is 0 Å². The van der Waals surface area contributed by atoms with Crippen molar-refractivity contribution in [3.63, 3.8) is 0 Å². The monoisotopic (exact) mass is 362 g/mol. The standard InChI is InChI=1S/C25H18N2O/c28-22-13-11-19(12-14-22)23-15-21(18-7-3-1-4-8-18)16-27-17-24(26-25(23)27)20-9-5-2-6-10-20/h1-17,28H. The van der Waals surface area contributed by atoms with Gasteiger partial charge in [-0.25, -0.2) is 4.98 Å². The van der Waals surface area contributed by atoms with Crippen LogP contribution in [0.4, 0.5) is 0 Å². The van der Waals surface area contributed by atoms with Crippen LogP contribution in [0.2, 0.25) is 0 Å². The highest BCUT2D eigenvalue weighted by Crippen LogP contribution is 2.32. The maximum atomic E-state index is 9.68. The number of nitrogens with zero attached hydrogens (tertiary/aromatic N) is 2. The number of aromatic hydroxyl groups is 1. The van der Waals surface area contributed by atoms with Gasteiger partial charge in [0.05, 0.1) is 5.69 Å². The number of imidazole rings is 1. The third-order valence-corrected chi connectivity index (χ3v) is 4.91. The topological polar surface area (TPSA) is 37.5 Å². The predicted octanol–water partition coefficient (Wildman–Crippen LogP) is 6.04. The summed E-state index contributed by atoms with van der Waals surface area (Å²) in [6, 6.07) is 30.0. The number of rotatable bonds is 3. The first-order valence-electron chi connectivity index (χ1n) is 9.21. The fraction of sp³-hybridized carbons (Fsp3) is 0. The second kappa shape index (κ2) is 6.71. The summed E-state index contributed by atoms with van der Waals surface area (Å²) in [5.74, 6) is 0.257. The van der Waals surface area contributed by atoms with Crippen LogP contribution in [0.25, 0.3) is 39.2 Å². The number of phenols is 1. The van der Waals surface area contributed by atoms with Crippen molar-refractivity contribution in [2.24, 2.45) is 0 Å². The lowest BCUT2D eigenvalue weighted by atomic mass is 10.0. The normalized spacial score (nSPS) is 11.0. The summed E-state index contributed by atoms with van der Waals surface area (Å²) in [5.41, 5.74) is 7.24. The van der Waals surface area contributed by atoms with Gasteiger partial charge in [0, 0.05) is 23.5 Å². The van der Waals surface area contributed by atoms with Gasteiger partial charge in [-0.3, -0.25) is 0 Å². The molecule has 0 fully saturated rings. The summed E-state index contributed by atoms with van der Waals surface area (Å²) >= 11 is 0. The lowest BCUT2D eigenvalue weighted by molar-refractivity contribution is 0.475. The fourth-order valence-electron chi connectivity index (χ4n) is 3.49. The van der Waals surface area contributed by atoms with Gasteiger partial charge >= 0.3 is 0 Å². The van der Waals surface area contributed by atoms with Gasteiger partial charge in [0.1, 0.15) is 11.4 Å². The van der Waals surface area contributed by atoms with Crippen molar-refractivity contribution in [2.75, 3.05) is 0 Å². The number of hydrogen-bond acceptors (Lipinski definition) is 2. The molecule has 0 amide bonds. The Bertz CT molecular complexity index is 1240. The van der Waals surface area contributed by atoms with E-state index in [1.807, 2.05) is 48.5 Å². The van der Waals surface area contributed by atoms with Crippen LogP contribution in [0.15, 0.2) is 103 Å². The molecule has 3 heteroatoms. The van der Waals surface area contributed by atoms with Crippen molar-refractivity contribution in [1.82, 2.24) is 9.38 Å². The van der Waals surface area contributed by atoms with Crippen molar-refractivity contribution in [3.05, 3.63) is 103 Å². The molecule has 3 aromatic carbocycles. The Hall–Kier alpha value is -3.85. The first kappa shape index (κ1) is 16.3. The molecule has 2 aromatic heterocycles. The summed E-state index contributed by atoms with van der Waals surface area (Å²) in [4.78, 5) is 4.92. The number of benzene rings is 3. The van der Waals surface area contributed by atoms with Crippen LogP contribution < -0.4 is 0 Å². The number of aromatic nitrogens is 2. The summed E-state index contributed by atoms with van der Waals surface area (Å²) in [7, 11) is 0. The van der Waals surface area contributed by atoms with Crippen LogP contribution in [0.3, 0.4) is 0 Å². The molecule has 3 nitrogen and oxygen atoms in total. The molecule has 5 rings (SSSR count). The lowest BCUT2D eigenvalue weighted by Crippen LogP contribution is -1.91. The molecule has 0 aliphatic rings. The third kappa shape index (κ3) is 2.93. The maximum Gasteiger partial charge on any atom is 0.145 e. The molecule has 0 atom stereocenters. The van der Waals surface area contributed by atoms with Gasteiger partial charge in [-0.2, -0.15) is 0 Å². The molecule has 1 N–H and O–H groups in total. The van der Waals surface area contributed by atoms with Gasteiger partial charge in [-0.1, -0.05) is 72.8 Å². The Balaban J connectivity index is 1.77. The van der Waals surface area contributed by atoms with Crippen LogP contribution in [0, 0.1) is 0 Å². The van der Waals surface area contributed by atoms with Gasteiger partial charge < -0.3 is 9.51 Å². The minimum atomic E-state index is 0.257. The Morgan fingerprint density at radius 1 is 0.607 bits per heavy atom. The first-order valence-corrected chi connectivity index (χ1v) is 9.21. The Morgan fingerprint density at radius 2 is 1.25 bits per heavy atom. The fourth-order valence-corrected chi connectivity index (χ4v) is 3.49. The Kier molecular flexibility index (Phi) is 3.91. The van der Waals surface area contributed by atoms with Crippen LogP contribution >= 0.6 is 0 Å². The molecule has 0 bridgehead atoms. The largest absolute Gasteiger partial charge is 0.508 e. The van der Waals surface area contributed by atoms with E-state index in [9.17, 15) is 5.11 Å². The molecule has 0 radical (unpaired) electrons.